The number of rotatable bonds is 8. The molecule has 1 rings (SSSR count). The summed E-state index contributed by atoms with van der Waals surface area (Å²) in [6, 6.07) is 6.02. The van der Waals surface area contributed by atoms with Gasteiger partial charge in [0.15, 0.2) is 0 Å². The van der Waals surface area contributed by atoms with Crippen LogP contribution in [-0.4, -0.2) is 38.0 Å². The number of benzene rings is 1. The molecule has 2 amide bonds. The first-order valence-corrected chi connectivity index (χ1v) is 7.82. The van der Waals surface area contributed by atoms with Gasteiger partial charge in [0.05, 0.1) is 0 Å². The van der Waals surface area contributed by atoms with E-state index in [2.05, 4.69) is 16.0 Å². The summed E-state index contributed by atoms with van der Waals surface area (Å²) in [4.78, 5) is 24.4. The number of carbonyl (C=O) groups is 2. The van der Waals surface area contributed by atoms with Crippen molar-refractivity contribution in [2.24, 2.45) is 5.92 Å². The molecule has 0 aromatic heterocycles. The molecule has 5 nitrogen and oxygen atoms in total. The predicted octanol–water partition coefficient (Wildman–Crippen LogP) is 1.82. The quantitative estimate of drug-likeness (QED) is 0.639. The Morgan fingerprint density at radius 2 is 1.77 bits per heavy atom. The van der Waals surface area contributed by atoms with E-state index in [1.807, 2.05) is 20.9 Å². The van der Waals surface area contributed by atoms with E-state index in [0.29, 0.717) is 17.1 Å². The van der Waals surface area contributed by atoms with Gasteiger partial charge < -0.3 is 16.0 Å². The Morgan fingerprint density at radius 1 is 1.14 bits per heavy atom. The van der Waals surface area contributed by atoms with Crippen molar-refractivity contribution in [1.82, 2.24) is 16.0 Å². The van der Waals surface area contributed by atoms with E-state index in [0.717, 1.165) is 13.0 Å². The van der Waals surface area contributed by atoms with Crippen molar-refractivity contribution in [3.63, 3.8) is 0 Å². The summed E-state index contributed by atoms with van der Waals surface area (Å²) in [6.45, 7) is 5.23. The minimum Gasteiger partial charge on any atom is -0.354 e. The number of nitrogens with one attached hydrogen (secondary N) is 3. The van der Waals surface area contributed by atoms with Gasteiger partial charge in [0.1, 0.15) is 6.04 Å². The van der Waals surface area contributed by atoms with Crippen molar-refractivity contribution in [3.05, 3.63) is 34.9 Å². The van der Waals surface area contributed by atoms with Gasteiger partial charge in [0.2, 0.25) is 5.91 Å². The Balaban J connectivity index is 2.61. The van der Waals surface area contributed by atoms with E-state index in [9.17, 15) is 9.59 Å². The van der Waals surface area contributed by atoms with Crippen LogP contribution in [0.25, 0.3) is 0 Å². The Morgan fingerprint density at radius 3 is 2.32 bits per heavy atom. The van der Waals surface area contributed by atoms with Gasteiger partial charge in [-0.3, -0.25) is 9.59 Å². The Hall–Kier alpha value is -1.59. The van der Waals surface area contributed by atoms with E-state index in [1.54, 1.807) is 24.3 Å². The van der Waals surface area contributed by atoms with E-state index in [-0.39, 0.29) is 17.7 Å². The van der Waals surface area contributed by atoms with Crippen LogP contribution >= 0.6 is 11.6 Å². The Labute approximate surface area is 136 Å². The maximum atomic E-state index is 12.2. The third kappa shape index (κ3) is 6.03. The van der Waals surface area contributed by atoms with Crippen LogP contribution in [0.1, 0.15) is 30.6 Å². The molecule has 122 valence electrons. The molecule has 1 aromatic rings. The Bertz CT molecular complexity index is 489. The third-order valence-electron chi connectivity index (χ3n) is 3.24. The zero-order valence-corrected chi connectivity index (χ0v) is 14.0. The number of carbonyl (C=O) groups excluding carboxylic acids is 2. The Kier molecular flexibility index (Phi) is 7.91. The molecule has 0 aliphatic heterocycles. The van der Waals surface area contributed by atoms with Gasteiger partial charge in [-0.05, 0) is 50.2 Å². The highest BCUT2D eigenvalue weighted by Crippen LogP contribution is 2.10. The van der Waals surface area contributed by atoms with Crippen molar-refractivity contribution >= 4 is 23.4 Å². The summed E-state index contributed by atoms with van der Waals surface area (Å²) >= 11 is 5.80. The van der Waals surface area contributed by atoms with Gasteiger partial charge in [-0.25, -0.2) is 0 Å². The highest BCUT2D eigenvalue weighted by atomic mass is 35.5. The van der Waals surface area contributed by atoms with E-state index in [1.165, 1.54) is 0 Å². The highest BCUT2D eigenvalue weighted by molar-refractivity contribution is 6.30. The number of hydrogen-bond donors (Lipinski definition) is 3. The topological polar surface area (TPSA) is 70.2 Å². The van der Waals surface area contributed by atoms with Crippen LogP contribution in [0.4, 0.5) is 0 Å². The summed E-state index contributed by atoms with van der Waals surface area (Å²) < 4.78 is 0. The van der Waals surface area contributed by atoms with Crippen molar-refractivity contribution < 1.29 is 9.59 Å². The molecule has 0 bridgehead atoms. The largest absolute Gasteiger partial charge is 0.354 e. The average molecular weight is 326 g/mol. The zero-order valence-electron chi connectivity index (χ0n) is 13.3. The van der Waals surface area contributed by atoms with Crippen LogP contribution < -0.4 is 16.0 Å². The second-order valence-electron chi connectivity index (χ2n) is 5.45. The lowest BCUT2D eigenvalue weighted by molar-refractivity contribution is -0.123. The molecule has 0 saturated carbocycles. The van der Waals surface area contributed by atoms with Gasteiger partial charge in [0.25, 0.3) is 5.91 Å². The fourth-order valence-electron chi connectivity index (χ4n) is 1.95. The molecule has 1 unspecified atom stereocenters. The molecule has 1 aromatic carbocycles. The van der Waals surface area contributed by atoms with Crippen LogP contribution in [0.2, 0.25) is 5.02 Å². The van der Waals surface area contributed by atoms with E-state index in [4.69, 9.17) is 11.6 Å². The normalized spacial score (nSPS) is 12.0. The van der Waals surface area contributed by atoms with Crippen LogP contribution in [0, 0.1) is 5.92 Å². The minimum atomic E-state index is -0.558. The third-order valence-corrected chi connectivity index (χ3v) is 3.50. The summed E-state index contributed by atoms with van der Waals surface area (Å²) in [5.74, 6) is -0.435. The number of amides is 2. The lowest BCUT2D eigenvalue weighted by atomic mass is 10.0. The smallest absolute Gasteiger partial charge is 0.251 e. The van der Waals surface area contributed by atoms with Gasteiger partial charge in [-0.1, -0.05) is 25.4 Å². The van der Waals surface area contributed by atoms with Gasteiger partial charge in [-0.15, -0.1) is 0 Å². The van der Waals surface area contributed by atoms with Gasteiger partial charge in [0, 0.05) is 17.1 Å². The first kappa shape index (κ1) is 18.5. The van der Waals surface area contributed by atoms with Crippen molar-refractivity contribution in [1.29, 1.82) is 0 Å². The summed E-state index contributed by atoms with van der Waals surface area (Å²) in [7, 11) is 1.87. The lowest BCUT2D eigenvalue weighted by Crippen LogP contribution is -2.50. The summed E-state index contributed by atoms with van der Waals surface area (Å²) in [5.41, 5.74) is 0.484. The average Bonchev–Trinajstić information content (AvgIpc) is 2.49. The standard InChI is InChI=1S/C16H24ClN3O2/c1-11(2)14(16(22)19-10-4-9-18-3)20-15(21)12-5-7-13(17)8-6-12/h5-8,11,14,18H,4,9-10H2,1-3H3,(H,19,22)(H,20,21). The van der Waals surface area contributed by atoms with Crippen LogP contribution in [-0.2, 0) is 4.79 Å². The molecule has 0 aliphatic rings. The maximum absolute atomic E-state index is 12.2. The first-order valence-electron chi connectivity index (χ1n) is 7.44. The fraction of sp³-hybridized carbons (Fsp3) is 0.500. The van der Waals surface area contributed by atoms with Crippen molar-refractivity contribution in [2.45, 2.75) is 26.3 Å². The van der Waals surface area contributed by atoms with Crippen LogP contribution in [0.5, 0.6) is 0 Å². The maximum Gasteiger partial charge on any atom is 0.251 e. The molecule has 0 saturated heterocycles. The molecule has 0 heterocycles. The zero-order chi connectivity index (χ0) is 16.5. The SMILES string of the molecule is CNCCCNC(=O)C(NC(=O)c1ccc(Cl)cc1)C(C)C. The van der Waals surface area contributed by atoms with Crippen LogP contribution in [0.15, 0.2) is 24.3 Å². The highest BCUT2D eigenvalue weighted by Gasteiger charge is 2.24. The molecule has 6 heteroatoms. The lowest BCUT2D eigenvalue weighted by Gasteiger charge is -2.21. The second kappa shape index (κ2) is 9.43. The first-order chi connectivity index (χ1) is 10.5. The molecule has 0 aliphatic carbocycles. The monoisotopic (exact) mass is 325 g/mol. The predicted molar refractivity (Wildman–Crippen MR) is 89.1 cm³/mol. The molecule has 3 N–H and O–H groups in total. The molecule has 0 spiro atoms. The summed E-state index contributed by atoms with van der Waals surface area (Å²) in [5, 5.41) is 9.22. The molecule has 0 fully saturated rings. The van der Waals surface area contributed by atoms with E-state index >= 15 is 0 Å². The second-order valence-corrected chi connectivity index (χ2v) is 5.89. The molecule has 0 radical (unpaired) electrons. The molecule has 1 atom stereocenters. The van der Waals surface area contributed by atoms with Gasteiger partial charge >= 0.3 is 0 Å². The van der Waals surface area contributed by atoms with Crippen LogP contribution in [0.3, 0.4) is 0 Å². The summed E-state index contributed by atoms with van der Waals surface area (Å²) in [6.07, 6.45) is 0.845. The molecule has 22 heavy (non-hydrogen) atoms. The van der Waals surface area contributed by atoms with E-state index < -0.39 is 6.04 Å². The molecular weight excluding hydrogens is 302 g/mol. The fourth-order valence-corrected chi connectivity index (χ4v) is 2.07. The van der Waals surface area contributed by atoms with Crippen molar-refractivity contribution in [2.75, 3.05) is 20.1 Å². The van der Waals surface area contributed by atoms with Gasteiger partial charge in [-0.2, -0.15) is 0 Å². The van der Waals surface area contributed by atoms with Crippen molar-refractivity contribution in [3.8, 4) is 0 Å². The molecular formula is C16H24ClN3O2. The minimum absolute atomic E-state index is 0.000510. The number of hydrogen-bond acceptors (Lipinski definition) is 3. The number of halogens is 1.